The Labute approximate surface area is 167 Å². The molecule has 0 saturated carbocycles. The van der Waals surface area contributed by atoms with Gasteiger partial charge in [0.15, 0.2) is 10.9 Å². The molecule has 0 aromatic heterocycles. The number of carbonyl (C=O) groups is 2. The van der Waals surface area contributed by atoms with Crippen LogP contribution in [0, 0.1) is 17.1 Å². The van der Waals surface area contributed by atoms with E-state index >= 15 is 4.39 Å². The van der Waals surface area contributed by atoms with E-state index in [9.17, 15) is 9.59 Å². The molecule has 0 spiro atoms. The third-order valence-electron chi connectivity index (χ3n) is 4.53. The molecule has 27 heavy (non-hydrogen) atoms. The number of nitrogens with zero attached hydrogens (tertiary/aromatic N) is 3. The molecule has 9 heteroatoms. The molecule has 0 bridgehead atoms. The van der Waals surface area contributed by atoms with E-state index in [1.165, 1.54) is 17.0 Å². The van der Waals surface area contributed by atoms with Crippen LogP contribution in [0.4, 0.5) is 10.1 Å². The van der Waals surface area contributed by atoms with E-state index in [0.29, 0.717) is 19.4 Å². The van der Waals surface area contributed by atoms with Crippen LogP contribution in [-0.4, -0.2) is 47.2 Å². The van der Waals surface area contributed by atoms with Crippen molar-refractivity contribution in [2.24, 2.45) is 0 Å². The van der Waals surface area contributed by atoms with Gasteiger partial charge in [0.1, 0.15) is 11.6 Å². The number of thiocarbonyl (C=S) groups is 1. The van der Waals surface area contributed by atoms with Gasteiger partial charge in [-0.1, -0.05) is 0 Å². The molecule has 1 aliphatic heterocycles. The lowest BCUT2D eigenvalue weighted by Gasteiger charge is -2.29. The highest BCUT2D eigenvalue weighted by Gasteiger charge is 2.49. The molecule has 1 heterocycles. The van der Waals surface area contributed by atoms with E-state index in [4.69, 9.17) is 17.5 Å². The Morgan fingerprint density at radius 3 is 2.67 bits per heavy atom. The molecule has 0 atom stereocenters. The van der Waals surface area contributed by atoms with Crippen LogP contribution in [-0.2, 0) is 9.59 Å². The maximum atomic E-state index is 15.0. The van der Waals surface area contributed by atoms with Crippen LogP contribution >= 0.6 is 24.0 Å². The number of benzene rings is 1. The van der Waals surface area contributed by atoms with Crippen molar-refractivity contribution in [3.63, 3.8) is 0 Å². The SMILES string of the molecule is CNC(=O)CCCN1C(=S)N(c2ccc(C#N)c(SC)c2F)C(=O)C1(C)C. The van der Waals surface area contributed by atoms with Crippen molar-refractivity contribution in [1.29, 1.82) is 5.26 Å². The number of hydrogen-bond donors (Lipinski definition) is 1. The predicted octanol–water partition coefficient (Wildman–Crippen LogP) is 2.66. The molecule has 1 aliphatic rings. The third kappa shape index (κ3) is 3.77. The molecule has 1 saturated heterocycles. The topological polar surface area (TPSA) is 76.4 Å². The standard InChI is InChI=1S/C18H21FN4O2S2/c1-18(2)16(25)23(17(26)22(18)9-5-6-13(24)21-3)12-8-7-11(10-20)15(27-4)14(12)19/h7-8H,5-6,9H2,1-4H3,(H,21,24). The number of nitrogens with one attached hydrogen (secondary N) is 1. The maximum Gasteiger partial charge on any atom is 0.258 e. The molecule has 2 rings (SSSR count). The van der Waals surface area contributed by atoms with Crippen LogP contribution in [0.3, 0.4) is 0 Å². The molecule has 2 amide bonds. The van der Waals surface area contributed by atoms with Crippen molar-refractivity contribution in [3.8, 4) is 6.07 Å². The zero-order valence-corrected chi connectivity index (χ0v) is 17.3. The van der Waals surface area contributed by atoms with Gasteiger partial charge in [-0.15, -0.1) is 11.8 Å². The quantitative estimate of drug-likeness (QED) is 0.576. The minimum absolute atomic E-state index is 0.0372. The Morgan fingerprint density at radius 1 is 1.44 bits per heavy atom. The number of thioether (sulfide) groups is 1. The second-order valence-electron chi connectivity index (χ2n) is 6.50. The molecule has 1 aromatic carbocycles. The summed E-state index contributed by atoms with van der Waals surface area (Å²) in [4.78, 5) is 27.5. The van der Waals surface area contributed by atoms with Gasteiger partial charge in [0, 0.05) is 20.0 Å². The van der Waals surface area contributed by atoms with Gasteiger partial charge in [-0.05, 0) is 50.9 Å². The monoisotopic (exact) mass is 408 g/mol. The minimum Gasteiger partial charge on any atom is -0.359 e. The molecule has 0 aliphatic carbocycles. The molecule has 1 N–H and O–H groups in total. The largest absolute Gasteiger partial charge is 0.359 e. The van der Waals surface area contributed by atoms with E-state index < -0.39 is 11.4 Å². The second kappa shape index (κ2) is 8.23. The number of carbonyl (C=O) groups excluding carboxylic acids is 2. The van der Waals surface area contributed by atoms with Crippen LogP contribution < -0.4 is 10.2 Å². The summed E-state index contributed by atoms with van der Waals surface area (Å²) in [5.74, 6) is -1.08. The number of halogens is 1. The van der Waals surface area contributed by atoms with Crippen molar-refractivity contribution in [2.75, 3.05) is 24.7 Å². The van der Waals surface area contributed by atoms with Crippen molar-refractivity contribution in [1.82, 2.24) is 10.2 Å². The van der Waals surface area contributed by atoms with E-state index in [1.807, 2.05) is 6.07 Å². The summed E-state index contributed by atoms with van der Waals surface area (Å²) in [5.41, 5.74) is -0.710. The Balaban J connectivity index is 2.37. The van der Waals surface area contributed by atoms with Crippen molar-refractivity contribution >= 4 is 46.6 Å². The smallest absolute Gasteiger partial charge is 0.258 e. The summed E-state index contributed by atoms with van der Waals surface area (Å²) in [7, 11) is 1.56. The third-order valence-corrected chi connectivity index (χ3v) is 5.74. The average molecular weight is 409 g/mol. The molecule has 1 fully saturated rings. The normalized spacial score (nSPS) is 15.9. The maximum absolute atomic E-state index is 15.0. The minimum atomic E-state index is -0.959. The fraction of sp³-hybridized carbons (Fsp3) is 0.444. The van der Waals surface area contributed by atoms with Gasteiger partial charge in [-0.25, -0.2) is 4.39 Å². The highest BCUT2D eigenvalue weighted by Crippen LogP contribution is 2.37. The first-order valence-corrected chi connectivity index (χ1v) is 9.97. The van der Waals surface area contributed by atoms with Crippen LogP contribution in [0.1, 0.15) is 32.3 Å². The van der Waals surface area contributed by atoms with Crippen LogP contribution in [0.15, 0.2) is 17.0 Å². The van der Waals surface area contributed by atoms with E-state index in [1.54, 1.807) is 32.1 Å². The first-order valence-electron chi connectivity index (χ1n) is 8.34. The van der Waals surface area contributed by atoms with Crippen LogP contribution in [0.2, 0.25) is 0 Å². The van der Waals surface area contributed by atoms with Gasteiger partial charge < -0.3 is 10.2 Å². The number of hydrogen-bond acceptors (Lipinski definition) is 5. The van der Waals surface area contributed by atoms with Gasteiger partial charge in [0.2, 0.25) is 5.91 Å². The average Bonchev–Trinajstić information content (AvgIpc) is 2.80. The highest BCUT2D eigenvalue weighted by molar-refractivity contribution is 7.98. The van der Waals surface area contributed by atoms with E-state index in [2.05, 4.69) is 5.32 Å². The van der Waals surface area contributed by atoms with E-state index in [-0.39, 0.29) is 33.1 Å². The van der Waals surface area contributed by atoms with Gasteiger partial charge in [-0.3, -0.25) is 14.5 Å². The van der Waals surface area contributed by atoms with Crippen LogP contribution in [0.25, 0.3) is 0 Å². The number of rotatable bonds is 6. The number of amides is 2. The van der Waals surface area contributed by atoms with Gasteiger partial charge in [0.25, 0.3) is 5.91 Å². The summed E-state index contributed by atoms with van der Waals surface area (Å²) in [6, 6.07) is 4.84. The Morgan fingerprint density at radius 2 is 2.11 bits per heavy atom. The van der Waals surface area contributed by atoms with Crippen LogP contribution in [0.5, 0.6) is 0 Å². The zero-order chi connectivity index (χ0) is 20.4. The summed E-state index contributed by atoms with van der Waals surface area (Å²) in [6.07, 6.45) is 2.49. The van der Waals surface area contributed by atoms with Crippen molar-refractivity contribution in [3.05, 3.63) is 23.5 Å². The molecular formula is C18H21FN4O2S2. The van der Waals surface area contributed by atoms with Crippen molar-refractivity contribution in [2.45, 2.75) is 37.1 Å². The van der Waals surface area contributed by atoms with Gasteiger partial charge >= 0.3 is 0 Å². The van der Waals surface area contributed by atoms with Gasteiger partial charge in [-0.2, -0.15) is 5.26 Å². The lowest BCUT2D eigenvalue weighted by Crippen LogP contribution is -2.44. The number of nitriles is 1. The lowest BCUT2D eigenvalue weighted by molar-refractivity contribution is -0.123. The van der Waals surface area contributed by atoms with Crippen molar-refractivity contribution < 1.29 is 14.0 Å². The fourth-order valence-electron chi connectivity index (χ4n) is 2.95. The summed E-state index contributed by atoms with van der Waals surface area (Å²) < 4.78 is 15.0. The predicted molar refractivity (Wildman–Crippen MR) is 107 cm³/mol. The molecule has 144 valence electrons. The molecule has 6 nitrogen and oxygen atoms in total. The molecule has 0 unspecified atom stereocenters. The summed E-state index contributed by atoms with van der Waals surface area (Å²) in [5, 5.41) is 11.9. The Hall–Kier alpha value is -2.18. The Kier molecular flexibility index (Phi) is 6.44. The fourth-order valence-corrected chi connectivity index (χ4v) is 4.07. The summed E-state index contributed by atoms with van der Waals surface area (Å²) >= 11 is 6.58. The van der Waals surface area contributed by atoms with Gasteiger partial charge in [0.05, 0.1) is 16.1 Å². The highest BCUT2D eigenvalue weighted by atomic mass is 32.2. The first kappa shape index (κ1) is 21.1. The Bertz CT molecular complexity index is 835. The summed E-state index contributed by atoms with van der Waals surface area (Å²) in [6.45, 7) is 3.84. The molecule has 1 aromatic rings. The number of anilines is 1. The second-order valence-corrected chi connectivity index (χ2v) is 7.68. The molecule has 0 radical (unpaired) electrons. The lowest BCUT2D eigenvalue weighted by atomic mass is 10.0. The molecular weight excluding hydrogens is 387 g/mol. The first-order chi connectivity index (χ1) is 12.7. The zero-order valence-electron chi connectivity index (χ0n) is 15.6. The van der Waals surface area contributed by atoms with E-state index in [0.717, 1.165) is 11.8 Å².